The van der Waals surface area contributed by atoms with Crippen LogP contribution in [0.25, 0.3) is 11.1 Å². The van der Waals surface area contributed by atoms with Crippen molar-refractivity contribution < 1.29 is 9.47 Å². The van der Waals surface area contributed by atoms with Gasteiger partial charge in [-0.3, -0.25) is 0 Å². The van der Waals surface area contributed by atoms with E-state index in [0.717, 1.165) is 17.7 Å². The predicted molar refractivity (Wildman–Crippen MR) is 142 cm³/mol. The summed E-state index contributed by atoms with van der Waals surface area (Å²) in [7, 11) is 0. The van der Waals surface area contributed by atoms with Gasteiger partial charge in [0.15, 0.2) is 0 Å². The van der Waals surface area contributed by atoms with Gasteiger partial charge >= 0.3 is 0 Å². The van der Waals surface area contributed by atoms with Crippen molar-refractivity contribution in [3.63, 3.8) is 0 Å². The number of rotatable bonds is 11. The lowest BCUT2D eigenvalue weighted by Crippen LogP contribution is -2.06. The minimum atomic E-state index is 0.509. The van der Waals surface area contributed by atoms with Crippen molar-refractivity contribution in [1.29, 1.82) is 0 Å². The number of hydrogen-bond acceptors (Lipinski definition) is 2. The van der Waals surface area contributed by atoms with Gasteiger partial charge in [-0.05, 0) is 52.0 Å². The molecule has 0 N–H and O–H groups in total. The number of alkyl halides is 1. The number of allylic oxidation sites excluding steroid dienone is 1. The Morgan fingerprint density at radius 2 is 1.15 bits per heavy atom. The van der Waals surface area contributed by atoms with E-state index in [2.05, 4.69) is 72.8 Å². The van der Waals surface area contributed by atoms with Crippen LogP contribution in [0.5, 0.6) is 5.75 Å². The molecule has 0 unspecified atom stereocenters. The summed E-state index contributed by atoms with van der Waals surface area (Å²) in [4.78, 5) is 0. The second kappa shape index (κ2) is 12.8. The molecule has 4 aromatic rings. The fourth-order valence-corrected chi connectivity index (χ4v) is 4.16. The molecular formula is C31H29ClO2. The van der Waals surface area contributed by atoms with Gasteiger partial charge in [0.25, 0.3) is 0 Å². The summed E-state index contributed by atoms with van der Waals surface area (Å²) >= 11 is 6.25. The molecule has 0 amide bonds. The zero-order chi connectivity index (χ0) is 23.4. The third kappa shape index (κ3) is 6.60. The van der Waals surface area contributed by atoms with Crippen molar-refractivity contribution in [3.8, 4) is 5.75 Å². The molecule has 0 fully saturated rings. The molecule has 4 aromatic carbocycles. The van der Waals surface area contributed by atoms with Gasteiger partial charge < -0.3 is 9.47 Å². The predicted octanol–water partition coefficient (Wildman–Crippen LogP) is 7.87. The van der Waals surface area contributed by atoms with Crippen molar-refractivity contribution in [2.75, 3.05) is 19.1 Å². The molecular weight excluding hydrogens is 440 g/mol. The van der Waals surface area contributed by atoms with Crippen molar-refractivity contribution in [2.24, 2.45) is 0 Å². The lowest BCUT2D eigenvalue weighted by molar-refractivity contribution is 0.0889. The Hall–Kier alpha value is -3.33. The molecule has 0 saturated heterocycles. The van der Waals surface area contributed by atoms with Crippen molar-refractivity contribution in [3.05, 3.63) is 138 Å². The first-order valence-corrected chi connectivity index (χ1v) is 12.1. The van der Waals surface area contributed by atoms with Gasteiger partial charge in [0.05, 0.1) is 13.2 Å². The Balaban J connectivity index is 1.50. The van der Waals surface area contributed by atoms with E-state index < -0.39 is 0 Å². The lowest BCUT2D eigenvalue weighted by Gasteiger charge is -2.17. The van der Waals surface area contributed by atoms with Crippen LogP contribution >= 0.6 is 11.6 Å². The number of hydrogen-bond donors (Lipinski definition) is 0. The summed E-state index contributed by atoms with van der Waals surface area (Å²) in [5.74, 6) is 1.39. The maximum atomic E-state index is 6.25. The maximum absolute atomic E-state index is 6.25. The molecule has 172 valence electrons. The average Bonchev–Trinajstić information content (AvgIpc) is 2.91. The topological polar surface area (TPSA) is 18.5 Å². The van der Waals surface area contributed by atoms with Gasteiger partial charge in [0.1, 0.15) is 12.4 Å². The Kier molecular flexibility index (Phi) is 8.96. The van der Waals surface area contributed by atoms with Gasteiger partial charge in [-0.25, -0.2) is 0 Å². The number of ether oxygens (including phenoxy) is 2. The van der Waals surface area contributed by atoms with Crippen LogP contribution in [0.3, 0.4) is 0 Å². The van der Waals surface area contributed by atoms with Gasteiger partial charge in [0.2, 0.25) is 0 Å². The highest BCUT2D eigenvalue weighted by atomic mass is 35.5. The first kappa shape index (κ1) is 23.8. The quantitative estimate of drug-likeness (QED) is 0.127. The van der Waals surface area contributed by atoms with Gasteiger partial charge in [-0.2, -0.15) is 0 Å². The minimum absolute atomic E-state index is 0.509. The molecule has 0 aliphatic carbocycles. The fraction of sp³-hybridized carbons (Fsp3) is 0.161. The van der Waals surface area contributed by atoms with Crippen LogP contribution in [0.2, 0.25) is 0 Å². The average molecular weight is 469 g/mol. The van der Waals surface area contributed by atoms with E-state index >= 15 is 0 Å². The summed E-state index contributed by atoms with van der Waals surface area (Å²) in [6.07, 6.45) is 0.785. The number of halogens is 1. The Morgan fingerprint density at radius 3 is 1.76 bits per heavy atom. The van der Waals surface area contributed by atoms with Crippen LogP contribution < -0.4 is 4.74 Å². The van der Waals surface area contributed by atoms with Gasteiger partial charge in [-0.1, -0.05) is 103 Å². The number of benzene rings is 4. The van der Waals surface area contributed by atoms with E-state index in [4.69, 9.17) is 21.1 Å². The van der Waals surface area contributed by atoms with Crippen molar-refractivity contribution in [2.45, 2.75) is 13.0 Å². The molecule has 0 saturated carbocycles. The molecule has 3 heteroatoms. The smallest absolute Gasteiger partial charge is 0.119 e. The summed E-state index contributed by atoms with van der Waals surface area (Å²) < 4.78 is 11.6. The zero-order valence-corrected chi connectivity index (χ0v) is 20.0. The molecule has 0 radical (unpaired) electrons. The summed E-state index contributed by atoms with van der Waals surface area (Å²) in [6.45, 7) is 1.64. The molecule has 34 heavy (non-hydrogen) atoms. The fourth-order valence-electron chi connectivity index (χ4n) is 3.97. The molecule has 0 spiro atoms. The zero-order valence-electron chi connectivity index (χ0n) is 19.2. The molecule has 0 atom stereocenters. The van der Waals surface area contributed by atoms with Gasteiger partial charge in [0, 0.05) is 5.88 Å². The van der Waals surface area contributed by atoms with E-state index in [1.807, 2.05) is 42.5 Å². The first-order chi connectivity index (χ1) is 16.8. The molecule has 4 rings (SSSR count). The summed E-state index contributed by atoms with van der Waals surface area (Å²) in [5, 5.41) is 0. The molecule has 0 bridgehead atoms. The van der Waals surface area contributed by atoms with E-state index in [-0.39, 0.29) is 0 Å². The molecule has 0 aliphatic heterocycles. The highest BCUT2D eigenvalue weighted by Crippen LogP contribution is 2.35. The largest absolute Gasteiger partial charge is 0.491 e. The Labute approximate surface area is 207 Å². The molecule has 0 heterocycles. The van der Waals surface area contributed by atoms with Crippen molar-refractivity contribution >= 4 is 22.7 Å². The van der Waals surface area contributed by atoms with Crippen LogP contribution in [-0.2, 0) is 11.3 Å². The summed E-state index contributed by atoms with van der Waals surface area (Å²) in [5.41, 5.74) is 7.11. The van der Waals surface area contributed by atoms with Crippen LogP contribution in [0.15, 0.2) is 115 Å². The van der Waals surface area contributed by atoms with Crippen LogP contribution in [0.4, 0.5) is 0 Å². The van der Waals surface area contributed by atoms with E-state index in [9.17, 15) is 0 Å². The second-order valence-electron chi connectivity index (χ2n) is 7.94. The van der Waals surface area contributed by atoms with Crippen LogP contribution in [-0.4, -0.2) is 19.1 Å². The Morgan fingerprint density at radius 1 is 0.588 bits per heavy atom. The third-order valence-electron chi connectivity index (χ3n) is 5.58. The van der Waals surface area contributed by atoms with Gasteiger partial charge in [-0.15, -0.1) is 11.6 Å². The highest BCUT2D eigenvalue weighted by Gasteiger charge is 2.14. The summed E-state index contributed by atoms with van der Waals surface area (Å²) in [6, 6.07) is 39.5. The Bertz CT molecular complexity index is 1150. The van der Waals surface area contributed by atoms with Crippen LogP contribution in [0, 0.1) is 0 Å². The van der Waals surface area contributed by atoms with E-state index in [1.54, 1.807) is 0 Å². The molecule has 2 nitrogen and oxygen atoms in total. The molecule has 0 aliphatic rings. The first-order valence-electron chi connectivity index (χ1n) is 11.6. The third-order valence-corrected chi connectivity index (χ3v) is 5.77. The standard InChI is InChI=1S/C31H29ClO2/c32-21-20-30(26-12-6-2-7-13-26)31(27-14-8-3-9-15-27)28-16-18-29(19-17-28)34-23-22-33-24-25-10-4-1-5-11-25/h1-19H,20-24H2/b31-30-. The van der Waals surface area contributed by atoms with Crippen LogP contribution in [0.1, 0.15) is 28.7 Å². The van der Waals surface area contributed by atoms with E-state index in [1.165, 1.54) is 27.8 Å². The van der Waals surface area contributed by atoms with E-state index in [0.29, 0.717) is 25.7 Å². The molecule has 0 aromatic heterocycles. The minimum Gasteiger partial charge on any atom is -0.491 e. The SMILES string of the molecule is ClCC/C(=C(\c1ccccc1)c1ccc(OCCOCc2ccccc2)cc1)c1ccccc1. The maximum Gasteiger partial charge on any atom is 0.119 e. The monoisotopic (exact) mass is 468 g/mol. The second-order valence-corrected chi connectivity index (χ2v) is 8.31. The highest BCUT2D eigenvalue weighted by molar-refractivity contribution is 6.18. The lowest BCUT2D eigenvalue weighted by atomic mass is 9.88. The normalized spacial score (nSPS) is 11.7. The van der Waals surface area contributed by atoms with Crippen molar-refractivity contribution in [1.82, 2.24) is 0 Å².